The Morgan fingerprint density at radius 1 is 1.19 bits per heavy atom. The van der Waals surface area contributed by atoms with Gasteiger partial charge in [-0.25, -0.2) is 13.1 Å². The van der Waals surface area contributed by atoms with Crippen LogP contribution < -0.4 is 0 Å². The highest BCUT2D eigenvalue weighted by Gasteiger charge is 2.22. The Bertz CT molecular complexity index is 1010. The summed E-state index contributed by atoms with van der Waals surface area (Å²) in [4.78, 5) is 4.23. The third kappa shape index (κ3) is 3.64. The molecular weight excluding hydrogens is 366 g/mol. The van der Waals surface area contributed by atoms with Crippen LogP contribution in [0, 0.1) is 13.8 Å². The van der Waals surface area contributed by atoms with E-state index in [0.717, 1.165) is 0 Å². The second kappa shape index (κ2) is 6.94. The van der Waals surface area contributed by atoms with Gasteiger partial charge in [0.05, 0.1) is 17.0 Å². The van der Waals surface area contributed by atoms with Gasteiger partial charge in [-0.2, -0.15) is 18.9 Å². The third-order valence-corrected chi connectivity index (χ3v) is 5.55. The van der Waals surface area contributed by atoms with E-state index in [1.165, 1.54) is 19.1 Å². The lowest BCUT2D eigenvalue weighted by Gasteiger charge is -2.02. The molecule has 26 heavy (non-hydrogen) atoms. The van der Waals surface area contributed by atoms with Gasteiger partial charge >= 0.3 is 6.55 Å². The second-order valence-electron chi connectivity index (χ2n) is 5.72. The van der Waals surface area contributed by atoms with Crippen LogP contribution in [-0.4, -0.2) is 28.3 Å². The van der Waals surface area contributed by atoms with Crippen molar-refractivity contribution in [2.45, 2.75) is 37.5 Å². The number of rotatable bonds is 6. The largest absolute Gasteiger partial charge is 0.339 e. The second-order valence-corrected chi connectivity index (χ2v) is 7.71. The van der Waals surface area contributed by atoms with Crippen LogP contribution >= 0.6 is 0 Å². The molecule has 0 aliphatic carbocycles. The molecule has 138 valence electrons. The first kappa shape index (κ1) is 18.2. The Balaban J connectivity index is 1.79. The van der Waals surface area contributed by atoms with E-state index in [4.69, 9.17) is 4.52 Å². The molecule has 0 spiro atoms. The zero-order valence-electron chi connectivity index (χ0n) is 14.1. The molecule has 0 aliphatic heterocycles. The highest BCUT2D eigenvalue weighted by atomic mass is 32.2. The average molecular weight is 382 g/mol. The molecule has 0 amide bonds. The van der Waals surface area contributed by atoms with Gasteiger partial charge in [-0.05, 0) is 26.0 Å². The maximum absolute atomic E-state index is 12.9. The lowest BCUT2D eigenvalue weighted by molar-refractivity contribution is 0.0540. The lowest BCUT2D eigenvalue weighted by Crippen LogP contribution is -2.06. The standard InChI is InChI=1S/C16H16F2N4O3S/c1-10-13(11(2)22(20-10)16(17)18)8-15-19-14(21-25-15)9-26(23,24)12-6-4-3-5-7-12/h3-7,16H,8-9H2,1-2H3. The van der Waals surface area contributed by atoms with Gasteiger partial charge < -0.3 is 4.52 Å². The Labute approximate surface area is 148 Å². The summed E-state index contributed by atoms with van der Waals surface area (Å²) in [6.07, 6.45) is 0.1000. The molecule has 0 saturated carbocycles. The Kier molecular flexibility index (Phi) is 4.86. The molecule has 0 unspecified atom stereocenters. The van der Waals surface area contributed by atoms with Gasteiger partial charge in [0.15, 0.2) is 15.7 Å². The van der Waals surface area contributed by atoms with Crippen LogP contribution in [-0.2, 0) is 22.0 Å². The van der Waals surface area contributed by atoms with Gasteiger partial charge in [-0.1, -0.05) is 23.4 Å². The zero-order chi connectivity index (χ0) is 18.9. The zero-order valence-corrected chi connectivity index (χ0v) is 14.9. The summed E-state index contributed by atoms with van der Waals surface area (Å²) < 4.78 is 56.2. The first-order chi connectivity index (χ1) is 12.3. The summed E-state index contributed by atoms with van der Waals surface area (Å²) >= 11 is 0. The van der Waals surface area contributed by atoms with Gasteiger partial charge in [0, 0.05) is 11.3 Å². The minimum Gasteiger partial charge on any atom is -0.339 e. The van der Waals surface area contributed by atoms with Crippen molar-refractivity contribution >= 4 is 9.84 Å². The number of halogens is 2. The van der Waals surface area contributed by atoms with Crippen LogP contribution in [0.3, 0.4) is 0 Å². The van der Waals surface area contributed by atoms with Crippen LogP contribution in [0.25, 0.3) is 0 Å². The molecular formula is C16H16F2N4O3S. The van der Waals surface area contributed by atoms with E-state index in [9.17, 15) is 17.2 Å². The maximum Gasteiger partial charge on any atom is 0.333 e. The van der Waals surface area contributed by atoms with Crippen molar-refractivity contribution in [3.8, 4) is 0 Å². The third-order valence-electron chi connectivity index (χ3n) is 3.92. The first-order valence-corrected chi connectivity index (χ1v) is 9.35. The average Bonchev–Trinajstić information content (AvgIpc) is 3.14. The van der Waals surface area contributed by atoms with Crippen molar-refractivity contribution in [3.63, 3.8) is 0 Å². The molecule has 0 radical (unpaired) electrons. The van der Waals surface area contributed by atoms with Crippen LogP contribution in [0.2, 0.25) is 0 Å². The molecule has 0 saturated heterocycles. The fourth-order valence-corrected chi connectivity index (χ4v) is 3.79. The molecule has 3 rings (SSSR count). The van der Waals surface area contributed by atoms with Gasteiger partial charge in [0.2, 0.25) is 5.89 Å². The molecule has 2 aromatic heterocycles. The molecule has 10 heteroatoms. The first-order valence-electron chi connectivity index (χ1n) is 7.70. The molecule has 0 aliphatic rings. The maximum atomic E-state index is 12.9. The SMILES string of the molecule is Cc1nn(C(F)F)c(C)c1Cc1nc(CS(=O)(=O)c2ccccc2)no1. The number of alkyl halides is 2. The topological polar surface area (TPSA) is 90.9 Å². The summed E-state index contributed by atoms with van der Waals surface area (Å²) in [5, 5.41) is 7.48. The molecule has 0 fully saturated rings. The summed E-state index contributed by atoms with van der Waals surface area (Å²) in [7, 11) is -3.60. The van der Waals surface area contributed by atoms with E-state index in [0.29, 0.717) is 21.6 Å². The van der Waals surface area contributed by atoms with E-state index in [-0.39, 0.29) is 23.0 Å². The smallest absolute Gasteiger partial charge is 0.333 e. The van der Waals surface area contributed by atoms with Crippen LogP contribution in [0.4, 0.5) is 8.78 Å². The van der Waals surface area contributed by atoms with Crippen LogP contribution in [0.5, 0.6) is 0 Å². The fourth-order valence-electron chi connectivity index (χ4n) is 2.60. The number of aromatic nitrogens is 4. The van der Waals surface area contributed by atoms with E-state index < -0.39 is 22.1 Å². The Hall–Kier alpha value is -2.62. The van der Waals surface area contributed by atoms with Crippen molar-refractivity contribution in [2.75, 3.05) is 0 Å². The normalized spacial score (nSPS) is 12.0. The number of hydrogen-bond acceptors (Lipinski definition) is 6. The van der Waals surface area contributed by atoms with Crippen molar-refractivity contribution in [3.05, 3.63) is 59.0 Å². The minimum atomic E-state index is -3.60. The Morgan fingerprint density at radius 3 is 2.50 bits per heavy atom. The predicted octanol–water partition coefficient (Wildman–Crippen LogP) is 2.84. The van der Waals surface area contributed by atoms with E-state index >= 15 is 0 Å². The molecule has 7 nitrogen and oxygen atoms in total. The summed E-state index contributed by atoms with van der Waals surface area (Å²) in [6, 6.07) is 7.95. The highest BCUT2D eigenvalue weighted by Crippen LogP contribution is 2.22. The predicted molar refractivity (Wildman–Crippen MR) is 87.4 cm³/mol. The fraction of sp³-hybridized carbons (Fsp3) is 0.312. The van der Waals surface area contributed by atoms with E-state index in [1.807, 2.05) is 0 Å². The van der Waals surface area contributed by atoms with E-state index in [2.05, 4.69) is 15.2 Å². The van der Waals surface area contributed by atoms with Gasteiger partial charge in [0.25, 0.3) is 0 Å². The lowest BCUT2D eigenvalue weighted by atomic mass is 10.1. The van der Waals surface area contributed by atoms with Crippen molar-refractivity contribution in [1.29, 1.82) is 0 Å². The number of benzene rings is 1. The Morgan fingerprint density at radius 2 is 1.88 bits per heavy atom. The van der Waals surface area contributed by atoms with Gasteiger partial charge in [-0.3, -0.25) is 0 Å². The number of sulfone groups is 1. The monoisotopic (exact) mass is 382 g/mol. The van der Waals surface area contributed by atoms with Crippen molar-refractivity contribution in [2.24, 2.45) is 0 Å². The minimum absolute atomic E-state index is 0.0143. The molecule has 1 aromatic carbocycles. The quantitative estimate of drug-likeness (QED) is 0.651. The molecule has 0 bridgehead atoms. The molecule has 2 heterocycles. The molecule has 3 aromatic rings. The van der Waals surface area contributed by atoms with Crippen molar-refractivity contribution in [1.82, 2.24) is 19.9 Å². The highest BCUT2D eigenvalue weighted by molar-refractivity contribution is 7.90. The number of nitrogens with zero attached hydrogens (tertiary/aromatic N) is 4. The molecule has 0 atom stereocenters. The molecule has 0 N–H and O–H groups in total. The number of hydrogen-bond donors (Lipinski definition) is 0. The summed E-state index contributed by atoms with van der Waals surface area (Å²) in [5.41, 5.74) is 1.28. The summed E-state index contributed by atoms with van der Waals surface area (Å²) in [6.45, 7) is 0.397. The van der Waals surface area contributed by atoms with Gasteiger partial charge in [-0.15, -0.1) is 0 Å². The summed E-state index contributed by atoms with van der Waals surface area (Å²) in [5.74, 6) is -0.252. The van der Waals surface area contributed by atoms with Crippen molar-refractivity contribution < 1.29 is 21.7 Å². The van der Waals surface area contributed by atoms with Crippen LogP contribution in [0.1, 0.15) is 35.2 Å². The number of aryl methyl sites for hydroxylation is 1. The van der Waals surface area contributed by atoms with E-state index in [1.54, 1.807) is 25.1 Å². The van der Waals surface area contributed by atoms with Gasteiger partial charge in [0.1, 0.15) is 5.75 Å². The van der Waals surface area contributed by atoms with Crippen LogP contribution in [0.15, 0.2) is 39.8 Å².